The molecular formula is C48H81NO8P+. The second-order valence-corrected chi connectivity index (χ2v) is 16.8. The van der Waals surface area contributed by atoms with Crippen molar-refractivity contribution < 1.29 is 42.1 Å². The van der Waals surface area contributed by atoms with Crippen molar-refractivity contribution in [2.75, 3.05) is 47.5 Å². The first-order valence-corrected chi connectivity index (χ1v) is 23.5. The molecule has 0 aliphatic rings. The highest BCUT2D eigenvalue weighted by Crippen LogP contribution is 2.43. The number of ether oxygens (including phenoxy) is 2. The standard InChI is InChI=1S/C48H80NO8P/c1-6-8-10-12-14-16-18-20-22-24-26-28-30-32-34-36-38-40-47(50)54-44-46(45-56-58(52,53)55-43-42-49(3,4)5)57-48(51)41-39-37-35-33-31-29-27-25-23-21-19-17-15-13-11-9-7-2/h14-17,20-23,26-29,32-35,46H,6-13,18-19,24-25,30-31,36-45H2,1-5H3/p+1/b16-14-,17-15-,22-20-,23-21-,28-26-,29-27-,34-32-,35-33-/t46-/m0/s1. The van der Waals surface area contributed by atoms with Gasteiger partial charge in [-0.1, -0.05) is 137 Å². The van der Waals surface area contributed by atoms with E-state index in [4.69, 9.17) is 18.5 Å². The summed E-state index contributed by atoms with van der Waals surface area (Å²) in [6.45, 7) is 4.21. The molecule has 0 aromatic heterocycles. The number of allylic oxidation sites excluding steroid dienone is 16. The highest BCUT2D eigenvalue weighted by molar-refractivity contribution is 7.47. The molecule has 0 fully saturated rings. The number of hydrogen-bond donors (Lipinski definition) is 1. The van der Waals surface area contributed by atoms with Crippen LogP contribution in [0.3, 0.4) is 0 Å². The number of phosphoric acid groups is 1. The van der Waals surface area contributed by atoms with Crippen molar-refractivity contribution in [3.8, 4) is 0 Å². The molecule has 0 aromatic carbocycles. The van der Waals surface area contributed by atoms with Gasteiger partial charge in [-0.05, 0) is 89.9 Å². The van der Waals surface area contributed by atoms with Crippen LogP contribution in [0.1, 0.15) is 142 Å². The zero-order valence-electron chi connectivity index (χ0n) is 37.0. The first kappa shape index (κ1) is 54.9. The normalized spacial score (nSPS) is 14.5. The van der Waals surface area contributed by atoms with Gasteiger partial charge in [-0.3, -0.25) is 18.6 Å². The van der Waals surface area contributed by atoms with Crippen LogP contribution in [0.2, 0.25) is 0 Å². The van der Waals surface area contributed by atoms with E-state index in [9.17, 15) is 19.0 Å². The van der Waals surface area contributed by atoms with Crippen molar-refractivity contribution in [1.82, 2.24) is 0 Å². The van der Waals surface area contributed by atoms with Gasteiger partial charge in [0.05, 0.1) is 27.7 Å². The second kappa shape index (κ2) is 39.4. The summed E-state index contributed by atoms with van der Waals surface area (Å²) in [7, 11) is 1.40. The van der Waals surface area contributed by atoms with E-state index in [1.807, 2.05) is 33.3 Å². The topological polar surface area (TPSA) is 108 Å². The number of phosphoric ester groups is 1. The van der Waals surface area contributed by atoms with Gasteiger partial charge in [-0.25, -0.2) is 4.57 Å². The maximum absolute atomic E-state index is 12.7. The van der Waals surface area contributed by atoms with Gasteiger partial charge in [-0.2, -0.15) is 0 Å². The Morgan fingerprint density at radius 3 is 1.31 bits per heavy atom. The number of carbonyl (C=O) groups excluding carboxylic acids is 2. The maximum Gasteiger partial charge on any atom is 0.472 e. The predicted molar refractivity (Wildman–Crippen MR) is 242 cm³/mol. The maximum atomic E-state index is 12.7. The molecule has 0 bridgehead atoms. The minimum absolute atomic E-state index is 0.00758. The summed E-state index contributed by atoms with van der Waals surface area (Å²) in [5.74, 6) is -0.941. The lowest BCUT2D eigenvalue weighted by Gasteiger charge is -2.24. The largest absolute Gasteiger partial charge is 0.472 e. The Morgan fingerprint density at radius 1 is 0.534 bits per heavy atom. The van der Waals surface area contributed by atoms with E-state index >= 15 is 0 Å². The minimum atomic E-state index is -4.41. The first-order valence-electron chi connectivity index (χ1n) is 22.0. The molecule has 1 N–H and O–H groups in total. The third kappa shape index (κ3) is 42.5. The predicted octanol–water partition coefficient (Wildman–Crippen LogP) is 12.6. The molecule has 0 saturated heterocycles. The number of quaternary nitrogens is 1. The monoisotopic (exact) mass is 831 g/mol. The zero-order valence-corrected chi connectivity index (χ0v) is 37.9. The average Bonchev–Trinajstić information content (AvgIpc) is 3.17. The van der Waals surface area contributed by atoms with Crippen LogP contribution >= 0.6 is 7.82 Å². The third-order valence-corrected chi connectivity index (χ3v) is 9.57. The summed E-state index contributed by atoms with van der Waals surface area (Å²) in [5.41, 5.74) is 0. The van der Waals surface area contributed by atoms with Crippen LogP contribution in [0.15, 0.2) is 97.2 Å². The van der Waals surface area contributed by atoms with E-state index in [1.165, 1.54) is 51.4 Å². The molecule has 0 heterocycles. The molecule has 0 rings (SSSR count). The SMILES string of the molecule is CCCCC/C=C\C/C=C\C/C=C\C/C=C\CCCC(=O)OC[C@@H](COP(=O)(O)OCC[N+](C)(C)C)OC(=O)CCC/C=C\C/C=C\C/C=C\C/C=C\CCCCC. The van der Waals surface area contributed by atoms with Crippen molar-refractivity contribution in [2.45, 2.75) is 148 Å². The van der Waals surface area contributed by atoms with Gasteiger partial charge in [0.2, 0.25) is 0 Å². The molecule has 0 amide bonds. The van der Waals surface area contributed by atoms with Crippen LogP contribution in [0.5, 0.6) is 0 Å². The van der Waals surface area contributed by atoms with Gasteiger partial charge in [0, 0.05) is 12.8 Å². The van der Waals surface area contributed by atoms with Crippen molar-refractivity contribution in [3.63, 3.8) is 0 Å². The van der Waals surface area contributed by atoms with E-state index < -0.39 is 32.5 Å². The molecule has 58 heavy (non-hydrogen) atoms. The van der Waals surface area contributed by atoms with Gasteiger partial charge in [0.1, 0.15) is 19.8 Å². The highest BCUT2D eigenvalue weighted by atomic mass is 31.2. The fraction of sp³-hybridized carbons (Fsp3) is 0.625. The molecule has 0 aromatic rings. The molecule has 330 valence electrons. The van der Waals surface area contributed by atoms with Gasteiger partial charge in [0.15, 0.2) is 6.10 Å². The summed E-state index contributed by atoms with van der Waals surface area (Å²) >= 11 is 0. The van der Waals surface area contributed by atoms with Crippen molar-refractivity contribution >= 4 is 19.8 Å². The fourth-order valence-corrected chi connectivity index (χ4v) is 5.86. The van der Waals surface area contributed by atoms with E-state index in [1.54, 1.807) is 0 Å². The van der Waals surface area contributed by atoms with Crippen LogP contribution in [0.4, 0.5) is 0 Å². The minimum Gasteiger partial charge on any atom is -0.462 e. The van der Waals surface area contributed by atoms with Crippen LogP contribution < -0.4 is 0 Å². The number of hydrogen-bond acceptors (Lipinski definition) is 7. The van der Waals surface area contributed by atoms with Crippen LogP contribution in [-0.2, 0) is 32.7 Å². The van der Waals surface area contributed by atoms with Crippen molar-refractivity contribution in [2.24, 2.45) is 0 Å². The highest BCUT2D eigenvalue weighted by Gasteiger charge is 2.27. The fourth-order valence-electron chi connectivity index (χ4n) is 5.11. The van der Waals surface area contributed by atoms with E-state index in [-0.39, 0.29) is 26.1 Å². The van der Waals surface area contributed by atoms with Crippen LogP contribution in [-0.4, -0.2) is 74.9 Å². The van der Waals surface area contributed by atoms with E-state index in [0.29, 0.717) is 30.3 Å². The lowest BCUT2D eigenvalue weighted by Crippen LogP contribution is -2.37. The van der Waals surface area contributed by atoms with Gasteiger partial charge >= 0.3 is 19.8 Å². The van der Waals surface area contributed by atoms with Gasteiger partial charge in [-0.15, -0.1) is 0 Å². The quantitative estimate of drug-likeness (QED) is 0.0215. The second-order valence-electron chi connectivity index (χ2n) is 15.4. The number of likely N-dealkylation sites (N-methyl/N-ethyl adjacent to an activating group) is 1. The van der Waals surface area contributed by atoms with Crippen molar-refractivity contribution in [1.29, 1.82) is 0 Å². The number of rotatable bonds is 38. The van der Waals surface area contributed by atoms with Gasteiger partial charge in [0.25, 0.3) is 0 Å². The molecule has 0 radical (unpaired) electrons. The molecule has 0 aliphatic heterocycles. The smallest absolute Gasteiger partial charge is 0.462 e. The van der Waals surface area contributed by atoms with E-state index in [0.717, 1.165) is 44.9 Å². The Morgan fingerprint density at radius 2 is 0.914 bits per heavy atom. The molecule has 1 unspecified atom stereocenters. The molecule has 0 aliphatic carbocycles. The molecular weight excluding hydrogens is 750 g/mol. The Balaban J connectivity index is 4.58. The number of carbonyl (C=O) groups is 2. The Labute approximate surface area is 353 Å². The number of unbranched alkanes of at least 4 members (excludes halogenated alkanes) is 8. The molecule has 10 heteroatoms. The van der Waals surface area contributed by atoms with Crippen LogP contribution in [0, 0.1) is 0 Å². The molecule has 2 atom stereocenters. The lowest BCUT2D eigenvalue weighted by atomic mass is 10.2. The Kier molecular flexibility index (Phi) is 37.3. The lowest BCUT2D eigenvalue weighted by molar-refractivity contribution is -0.870. The summed E-state index contributed by atoms with van der Waals surface area (Å²) < 4.78 is 34.2. The molecule has 9 nitrogen and oxygen atoms in total. The van der Waals surface area contributed by atoms with E-state index in [2.05, 4.69) is 98.9 Å². The summed E-state index contributed by atoms with van der Waals surface area (Å²) in [6.07, 6.45) is 51.8. The summed E-state index contributed by atoms with van der Waals surface area (Å²) in [5, 5.41) is 0. The third-order valence-electron chi connectivity index (χ3n) is 8.59. The molecule has 0 saturated carbocycles. The number of nitrogens with zero attached hydrogens (tertiary/aromatic N) is 1. The summed E-state index contributed by atoms with van der Waals surface area (Å²) in [6, 6.07) is 0. The van der Waals surface area contributed by atoms with Gasteiger partial charge < -0.3 is 18.9 Å². The average molecular weight is 831 g/mol. The zero-order chi connectivity index (χ0) is 42.8. The Hall–Kier alpha value is -3.07. The van der Waals surface area contributed by atoms with Crippen LogP contribution in [0.25, 0.3) is 0 Å². The first-order chi connectivity index (χ1) is 28.0. The molecule has 0 spiro atoms. The van der Waals surface area contributed by atoms with Crippen molar-refractivity contribution in [3.05, 3.63) is 97.2 Å². The Bertz CT molecular complexity index is 1300. The summed E-state index contributed by atoms with van der Waals surface area (Å²) in [4.78, 5) is 35.3. The number of esters is 2.